The smallest absolute Gasteiger partial charge is 0.457 e. The second-order valence-corrected chi connectivity index (χ2v) is 9.13. The highest BCUT2D eigenvalue weighted by Crippen LogP contribution is 2.37. The minimum Gasteiger partial charge on any atom is -0.457 e. The second-order valence-electron chi connectivity index (χ2n) is 9.13. The van der Waals surface area contributed by atoms with Crippen molar-refractivity contribution in [3.05, 3.63) is 114 Å². The van der Waals surface area contributed by atoms with Gasteiger partial charge in [-0.25, -0.2) is 9.59 Å². The Morgan fingerprint density at radius 3 is 1.36 bits per heavy atom. The van der Waals surface area contributed by atoms with E-state index >= 15 is 0 Å². The summed E-state index contributed by atoms with van der Waals surface area (Å²) >= 11 is 0. The van der Waals surface area contributed by atoms with Gasteiger partial charge in [-0.2, -0.15) is 0 Å². The predicted octanol–water partition coefficient (Wildman–Crippen LogP) is 8.23. The van der Waals surface area contributed by atoms with Crippen LogP contribution in [-0.4, -0.2) is 19.4 Å². The van der Waals surface area contributed by atoms with Gasteiger partial charge in [-0.3, -0.25) is 0 Å². The molecule has 7 nitrogen and oxygen atoms in total. The SMILES string of the molecule is CCC(C)(c1ccc(OC(=O)OC)cc1)c1ccc(OC(=O)Oc2ccc(Oc3ccc(C)cc3)cc2)cc1. The van der Waals surface area contributed by atoms with Crippen LogP contribution < -0.4 is 18.9 Å². The third-order valence-corrected chi connectivity index (χ3v) is 6.54. The van der Waals surface area contributed by atoms with Crippen LogP contribution in [-0.2, 0) is 10.2 Å². The molecule has 4 aromatic rings. The van der Waals surface area contributed by atoms with Gasteiger partial charge < -0.3 is 23.7 Å². The number of benzene rings is 4. The molecular weight excluding hydrogens is 496 g/mol. The van der Waals surface area contributed by atoms with E-state index in [4.69, 9.17) is 18.9 Å². The fourth-order valence-electron chi connectivity index (χ4n) is 4.03. The summed E-state index contributed by atoms with van der Waals surface area (Å²) in [5.74, 6) is 2.45. The highest BCUT2D eigenvalue weighted by atomic mass is 16.7. The van der Waals surface area contributed by atoms with Crippen LogP contribution in [0.25, 0.3) is 0 Å². The minimum absolute atomic E-state index is 0.314. The average Bonchev–Trinajstić information content (AvgIpc) is 2.95. The Labute approximate surface area is 227 Å². The molecule has 200 valence electrons. The molecular formula is C32H30O7. The van der Waals surface area contributed by atoms with Gasteiger partial charge in [0, 0.05) is 5.41 Å². The van der Waals surface area contributed by atoms with E-state index in [0.29, 0.717) is 23.0 Å². The first kappa shape index (κ1) is 27.3. The van der Waals surface area contributed by atoms with E-state index in [1.807, 2.05) is 55.5 Å². The van der Waals surface area contributed by atoms with Crippen LogP contribution >= 0.6 is 0 Å². The molecule has 1 atom stereocenters. The van der Waals surface area contributed by atoms with E-state index in [2.05, 4.69) is 18.6 Å². The maximum absolute atomic E-state index is 12.4. The van der Waals surface area contributed by atoms with Crippen molar-refractivity contribution in [1.29, 1.82) is 0 Å². The number of aryl methyl sites for hydroxylation is 1. The summed E-state index contributed by atoms with van der Waals surface area (Å²) < 4.78 is 26.1. The molecule has 7 heteroatoms. The molecule has 0 N–H and O–H groups in total. The van der Waals surface area contributed by atoms with Crippen LogP contribution in [0.4, 0.5) is 9.59 Å². The molecule has 0 aliphatic carbocycles. The van der Waals surface area contributed by atoms with Gasteiger partial charge in [0.25, 0.3) is 0 Å². The summed E-state index contributed by atoms with van der Waals surface area (Å²) in [4.78, 5) is 23.7. The molecule has 0 heterocycles. The van der Waals surface area contributed by atoms with E-state index in [9.17, 15) is 9.59 Å². The highest BCUT2D eigenvalue weighted by Gasteiger charge is 2.27. The number of methoxy groups -OCH3 is 1. The van der Waals surface area contributed by atoms with Crippen molar-refractivity contribution in [3.63, 3.8) is 0 Å². The molecule has 0 spiro atoms. The quantitative estimate of drug-likeness (QED) is 0.169. The fraction of sp³-hybridized carbons (Fsp3) is 0.188. The maximum atomic E-state index is 12.4. The predicted molar refractivity (Wildman–Crippen MR) is 147 cm³/mol. The van der Waals surface area contributed by atoms with E-state index in [-0.39, 0.29) is 5.41 Å². The van der Waals surface area contributed by atoms with Crippen molar-refractivity contribution in [2.24, 2.45) is 0 Å². The Kier molecular flexibility index (Phi) is 8.51. The normalized spacial score (nSPS) is 12.1. The van der Waals surface area contributed by atoms with E-state index in [1.54, 1.807) is 48.5 Å². The molecule has 4 rings (SSSR count). The van der Waals surface area contributed by atoms with Crippen LogP contribution in [0.2, 0.25) is 0 Å². The van der Waals surface area contributed by atoms with Crippen molar-refractivity contribution >= 4 is 12.3 Å². The number of hydrogen-bond donors (Lipinski definition) is 0. The average molecular weight is 527 g/mol. The summed E-state index contributed by atoms with van der Waals surface area (Å²) in [6, 6.07) is 29.1. The number of ether oxygens (including phenoxy) is 5. The van der Waals surface area contributed by atoms with Gasteiger partial charge >= 0.3 is 12.3 Å². The Morgan fingerprint density at radius 1 is 0.590 bits per heavy atom. The first-order valence-corrected chi connectivity index (χ1v) is 12.5. The first-order valence-electron chi connectivity index (χ1n) is 12.5. The Bertz CT molecular complexity index is 1390. The molecule has 0 aliphatic rings. The lowest BCUT2D eigenvalue weighted by atomic mass is 9.74. The van der Waals surface area contributed by atoms with E-state index in [1.165, 1.54) is 7.11 Å². The zero-order valence-corrected chi connectivity index (χ0v) is 22.3. The summed E-state index contributed by atoms with van der Waals surface area (Å²) in [5, 5.41) is 0. The van der Waals surface area contributed by atoms with Crippen molar-refractivity contribution in [2.45, 2.75) is 32.6 Å². The number of rotatable bonds is 8. The Hall–Kier alpha value is -4.78. The molecule has 0 saturated carbocycles. The summed E-state index contributed by atoms with van der Waals surface area (Å²) in [5.41, 5.74) is 2.92. The molecule has 0 saturated heterocycles. The molecule has 0 amide bonds. The summed E-state index contributed by atoms with van der Waals surface area (Å²) in [7, 11) is 1.26. The molecule has 0 radical (unpaired) electrons. The van der Waals surface area contributed by atoms with Gasteiger partial charge in [0.05, 0.1) is 7.11 Å². The molecule has 0 bridgehead atoms. The van der Waals surface area contributed by atoms with Crippen molar-refractivity contribution in [3.8, 4) is 28.7 Å². The lowest BCUT2D eigenvalue weighted by Gasteiger charge is -2.30. The third-order valence-electron chi connectivity index (χ3n) is 6.54. The largest absolute Gasteiger partial charge is 0.519 e. The molecule has 0 aliphatic heterocycles. The Balaban J connectivity index is 1.36. The zero-order valence-electron chi connectivity index (χ0n) is 22.3. The number of carbonyl (C=O) groups is 2. The molecule has 0 fully saturated rings. The summed E-state index contributed by atoms with van der Waals surface area (Å²) in [6.45, 7) is 6.23. The van der Waals surface area contributed by atoms with Gasteiger partial charge in [-0.05, 0) is 85.1 Å². The highest BCUT2D eigenvalue weighted by molar-refractivity contribution is 5.67. The van der Waals surface area contributed by atoms with Gasteiger partial charge in [-0.15, -0.1) is 0 Å². The van der Waals surface area contributed by atoms with Crippen LogP contribution in [0.15, 0.2) is 97.1 Å². The zero-order chi connectivity index (χ0) is 27.8. The van der Waals surface area contributed by atoms with Gasteiger partial charge in [0.2, 0.25) is 0 Å². The van der Waals surface area contributed by atoms with Gasteiger partial charge in [-0.1, -0.05) is 55.8 Å². The van der Waals surface area contributed by atoms with Crippen LogP contribution in [0.3, 0.4) is 0 Å². The topological polar surface area (TPSA) is 80.3 Å². The Morgan fingerprint density at radius 2 is 0.949 bits per heavy atom. The monoisotopic (exact) mass is 526 g/mol. The van der Waals surface area contributed by atoms with Gasteiger partial charge in [0.15, 0.2) is 0 Å². The molecule has 39 heavy (non-hydrogen) atoms. The third kappa shape index (κ3) is 6.96. The van der Waals surface area contributed by atoms with Crippen molar-refractivity contribution < 1.29 is 33.3 Å². The van der Waals surface area contributed by atoms with Gasteiger partial charge in [0.1, 0.15) is 28.7 Å². The molecule has 4 aromatic carbocycles. The van der Waals surface area contributed by atoms with Crippen LogP contribution in [0.5, 0.6) is 28.7 Å². The number of hydrogen-bond acceptors (Lipinski definition) is 7. The molecule has 1 unspecified atom stereocenters. The van der Waals surface area contributed by atoms with E-state index in [0.717, 1.165) is 28.9 Å². The minimum atomic E-state index is -0.839. The van der Waals surface area contributed by atoms with E-state index < -0.39 is 12.3 Å². The second kappa shape index (κ2) is 12.2. The van der Waals surface area contributed by atoms with Crippen LogP contribution in [0.1, 0.15) is 37.0 Å². The van der Waals surface area contributed by atoms with Crippen molar-refractivity contribution in [1.82, 2.24) is 0 Å². The first-order chi connectivity index (χ1) is 18.8. The number of carbonyl (C=O) groups excluding carboxylic acids is 2. The van der Waals surface area contributed by atoms with Crippen LogP contribution in [0, 0.1) is 6.92 Å². The fourth-order valence-corrected chi connectivity index (χ4v) is 4.03. The molecule has 0 aromatic heterocycles. The standard InChI is InChI=1S/C32H30O7/c1-5-32(3,23-8-14-27(15-9-23)37-30(33)35-4)24-10-16-28(17-11-24)38-31(34)39-29-20-18-26(19-21-29)36-25-12-6-22(2)7-13-25/h6-21H,5H2,1-4H3. The maximum Gasteiger partial charge on any atom is 0.519 e. The lowest BCUT2D eigenvalue weighted by molar-refractivity contribution is 0.121. The lowest BCUT2D eigenvalue weighted by Crippen LogP contribution is -2.22. The van der Waals surface area contributed by atoms with Crippen molar-refractivity contribution in [2.75, 3.05) is 7.11 Å². The summed E-state index contributed by atoms with van der Waals surface area (Å²) in [6.07, 6.45) is -0.788.